The fourth-order valence-corrected chi connectivity index (χ4v) is 5.03. The topological polar surface area (TPSA) is 49.9 Å². The quantitative estimate of drug-likeness (QED) is 0.653. The van der Waals surface area contributed by atoms with E-state index in [1.807, 2.05) is 31.2 Å². The Morgan fingerprint density at radius 2 is 1.78 bits per heavy atom. The molecule has 1 aliphatic heterocycles. The van der Waals surface area contributed by atoms with Gasteiger partial charge in [-0.3, -0.25) is 0 Å². The van der Waals surface area contributed by atoms with Gasteiger partial charge in [0.15, 0.2) is 0 Å². The molecule has 0 N–H and O–H groups in total. The first-order chi connectivity index (χ1) is 12.7. The highest BCUT2D eigenvalue weighted by Gasteiger charge is 2.34. The van der Waals surface area contributed by atoms with Gasteiger partial charge < -0.3 is 9.64 Å². The Morgan fingerprint density at radius 3 is 2.37 bits per heavy atom. The fourth-order valence-electron chi connectivity index (χ4n) is 3.14. The Balaban J connectivity index is 1.81. The Morgan fingerprint density at radius 1 is 1.11 bits per heavy atom. The minimum absolute atomic E-state index is 0.114. The van der Waals surface area contributed by atoms with Crippen LogP contribution in [-0.4, -0.2) is 45.5 Å². The number of ether oxygens (including phenoxy) is 1. The van der Waals surface area contributed by atoms with Gasteiger partial charge in [-0.05, 0) is 59.3 Å². The summed E-state index contributed by atoms with van der Waals surface area (Å²) in [6.07, 6.45) is 0. The van der Waals surface area contributed by atoms with Gasteiger partial charge in [0.25, 0.3) is 0 Å². The van der Waals surface area contributed by atoms with Crippen molar-refractivity contribution >= 4 is 31.6 Å². The van der Waals surface area contributed by atoms with E-state index in [0.717, 1.165) is 23.6 Å². The average molecular weight is 461 g/mol. The minimum atomic E-state index is -4.13. The lowest BCUT2D eigenvalue weighted by atomic mass is 10.2. The second-order valence-corrected chi connectivity index (χ2v) is 9.06. The molecular weight excluding hydrogens is 442 g/mol. The second kappa shape index (κ2) is 7.73. The molecule has 3 rings (SSSR count). The molecular formula is C18H19BrF2N2O3S. The van der Waals surface area contributed by atoms with E-state index < -0.39 is 26.6 Å². The highest BCUT2D eigenvalue weighted by Crippen LogP contribution is 2.29. The molecule has 2 aromatic rings. The Bertz CT molecular complexity index is 938. The summed E-state index contributed by atoms with van der Waals surface area (Å²) in [6.45, 7) is 2.68. The van der Waals surface area contributed by atoms with Gasteiger partial charge in [-0.25, -0.2) is 17.2 Å². The van der Waals surface area contributed by atoms with Crippen molar-refractivity contribution in [3.63, 3.8) is 0 Å². The number of rotatable bonds is 4. The van der Waals surface area contributed by atoms with Crippen LogP contribution in [0, 0.1) is 11.6 Å². The maximum absolute atomic E-state index is 14.2. The van der Waals surface area contributed by atoms with Gasteiger partial charge in [0.2, 0.25) is 10.0 Å². The van der Waals surface area contributed by atoms with E-state index in [-0.39, 0.29) is 23.6 Å². The van der Waals surface area contributed by atoms with Crippen molar-refractivity contribution in [3.8, 4) is 5.75 Å². The molecule has 1 aliphatic rings. The molecule has 0 bridgehead atoms. The van der Waals surface area contributed by atoms with Crippen molar-refractivity contribution in [1.29, 1.82) is 0 Å². The molecule has 1 saturated heterocycles. The SMILES string of the molecule is COc1ccc(N2CCN(S(=O)(=O)c3cc(F)c(Br)cc3F)CC2C)cc1. The third kappa shape index (κ3) is 3.95. The standard InChI is InChI=1S/C18H19BrF2N2O3S/c1-12-11-22(7-8-23(12)13-3-5-14(26-2)6-4-13)27(24,25)18-10-16(20)15(19)9-17(18)21/h3-6,9-10,12H,7-8,11H2,1-2H3. The predicted octanol–water partition coefficient (Wildman–Crippen LogP) is 3.64. The first-order valence-corrected chi connectivity index (χ1v) is 10.5. The summed E-state index contributed by atoms with van der Waals surface area (Å²) >= 11 is 2.86. The van der Waals surface area contributed by atoms with E-state index in [4.69, 9.17) is 4.74 Å². The number of anilines is 1. The maximum Gasteiger partial charge on any atom is 0.246 e. The summed E-state index contributed by atoms with van der Waals surface area (Å²) < 4.78 is 59.8. The summed E-state index contributed by atoms with van der Waals surface area (Å²) in [6, 6.07) is 8.91. The van der Waals surface area contributed by atoms with Crippen molar-refractivity contribution < 1.29 is 21.9 Å². The van der Waals surface area contributed by atoms with Crippen LogP contribution < -0.4 is 9.64 Å². The third-order valence-electron chi connectivity index (χ3n) is 4.59. The first kappa shape index (κ1) is 20.0. The molecule has 2 aromatic carbocycles. The Kier molecular flexibility index (Phi) is 5.73. The number of hydrogen-bond acceptors (Lipinski definition) is 4. The summed E-state index contributed by atoms with van der Waals surface area (Å²) in [5.74, 6) is -1.06. The lowest BCUT2D eigenvalue weighted by Crippen LogP contribution is -2.53. The van der Waals surface area contributed by atoms with Gasteiger partial charge in [-0.15, -0.1) is 0 Å². The summed E-state index contributed by atoms with van der Waals surface area (Å²) in [5, 5.41) is 0. The van der Waals surface area contributed by atoms with E-state index in [2.05, 4.69) is 20.8 Å². The first-order valence-electron chi connectivity index (χ1n) is 8.29. The fraction of sp³-hybridized carbons (Fsp3) is 0.333. The van der Waals surface area contributed by atoms with Crippen LogP contribution in [0.1, 0.15) is 6.92 Å². The molecule has 0 spiro atoms. The molecule has 9 heteroatoms. The zero-order chi connectivity index (χ0) is 19.8. The maximum atomic E-state index is 14.2. The second-order valence-electron chi connectivity index (χ2n) is 6.30. The highest BCUT2D eigenvalue weighted by atomic mass is 79.9. The van der Waals surface area contributed by atoms with Gasteiger partial charge in [0.1, 0.15) is 22.3 Å². The largest absolute Gasteiger partial charge is 0.497 e. The molecule has 1 fully saturated rings. The number of benzene rings is 2. The van der Waals surface area contributed by atoms with Gasteiger partial charge in [-0.1, -0.05) is 0 Å². The molecule has 0 amide bonds. The number of nitrogens with zero attached hydrogens (tertiary/aromatic N) is 2. The van der Waals surface area contributed by atoms with Crippen LogP contribution >= 0.6 is 15.9 Å². The van der Waals surface area contributed by atoms with Crippen LogP contribution in [0.3, 0.4) is 0 Å². The van der Waals surface area contributed by atoms with Crippen LogP contribution in [0.15, 0.2) is 45.8 Å². The molecule has 0 radical (unpaired) electrons. The minimum Gasteiger partial charge on any atom is -0.497 e. The third-order valence-corrected chi connectivity index (χ3v) is 7.07. The zero-order valence-electron chi connectivity index (χ0n) is 14.8. The van der Waals surface area contributed by atoms with E-state index in [1.54, 1.807) is 7.11 Å². The predicted molar refractivity (Wildman–Crippen MR) is 103 cm³/mol. The summed E-state index contributed by atoms with van der Waals surface area (Å²) in [5.41, 5.74) is 0.946. The zero-order valence-corrected chi connectivity index (χ0v) is 17.2. The van der Waals surface area contributed by atoms with E-state index in [9.17, 15) is 17.2 Å². The molecule has 0 aromatic heterocycles. The number of halogens is 3. The monoisotopic (exact) mass is 460 g/mol. The molecule has 0 aliphatic carbocycles. The van der Waals surface area contributed by atoms with E-state index in [0.29, 0.717) is 6.54 Å². The molecule has 0 saturated carbocycles. The summed E-state index contributed by atoms with van der Waals surface area (Å²) in [4.78, 5) is 1.43. The highest BCUT2D eigenvalue weighted by molar-refractivity contribution is 9.10. The number of sulfonamides is 1. The molecule has 1 heterocycles. The smallest absolute Gasteiger partial charge is 0.246 e. The van der Waals surface area contributed by atoms with Gasteiger partial charge in [-0.2, -0.15) is 4.31 Å². The van der Waals surface area contributed by atoms with Crippen LogP contribution in [0.5, 0.6) is 5.75 Å². The van der Waals surface area contributed by atoms with Crippen LogP contribution in [0.25, 0.3) is 0 Å². The number of methoxy groups -OCH3 is 1. The van der Waals surface area contributed by atoms with Crippen molar-refractivity contribution in [1.82, 2.24) is 4.31 Å². The lowest BCUT2D eigenvalue weighted by molar-refractivity contribution is 0.340. The summed E-state index contributed by atoms with van der Waals surface area (Å²) in [7, 11) is -2.54. The Hall–Kier alpha value is -1.71. The lowest BCUT2D eigenvalue weighted by Gasteiger charge is -2.40. The van der Waals surface area contributed by atoms with Crippen LogP contribution in [0.4, 0.5) is 14.5 Å². The van der Waals surface area contributed by atoms with Crippen molar-refractivity contribution in [2.45, 2.75) is 17.9 Å². The molecule has 1 unspecified atom stereocenters. The molecule has 27 heavy (non-hydrogen) atoms. The normalized spacial score (nSPS) is 18.6. The van der Waals surface area contributed by atoms with E-state index in [1.165, 1.54) is 4.31 Å². The number of hydrogen-bond donors (Lipinski definition) is 0. The Labute approximate surface area is 165 Å². The van der Waals surface area contributed by atoms with Crippen LogP contribution in [-0.2, 0) is 10.0 Å². The van der Waals surface area contributed by atoms with Crippen molar-refractivity contribution in [3.05, 3.63) is 52.5 Å². The average Bonchev–Trinajstić information content (AvgIpc) is 2.64. The van der Waals surface area contributed by atoms with Crippen molar-refractivity contribution in [2.75, 3.05) is 31.6 Å². The molecule has 5 nitrogen and oxygen atoms in total. The van der Waals surface area contributed by atoms with Gasteiger partial charge in [0.05, 0.1) is 11.6 Å². The molecule has 1 atom stereocenters. The van der Waals surface area contributed by atoms with Gasteiger partial charge in [0, 0.05) is 31.4 Å². The van der Waals surface area contributed by atoms with Crippen molar-refractivity contribution in [2.24, 2.45) is 0 Å². The van der Waals surface area contributed by atoms with Gasteiger partial charge >= 0.3 is 0 Å². The molecule has 146 valence electrons. The van der Waals surface area contributed by atoms with Crippen LogP contribution in [0.2, 0.25) is 0 Å². The van der Waals surface area contributed by atoms with E-state index >= 15 is 0 Å². The number of piperazine rings is 1.